The Hall–Kier alpha value is -1.14. The van der Waals surface area contributed by atoms with Crippen LogP contribution in [-0.4, -0.2) is 29.8 Å². The highest BCUT2D eigenvalue weighted by Crippen LogP contribution is 2.24. The number of nitrogens with one attached hydrogen (secondary N) is 1. The zero-order valence-corrected chi connectivity index (χ0v) is 12.1. The highest BCUT2D eigenvalue weighted by Gasteiger charge is 2.21. The van der Waals surface area contributed by atoms with Crippen LogP contribution in [0.3, 0.4) is 0 Å². The number of hydrogen-bond acceptors (Lipinski definition) is 5. The van der Waals surface area contributed by atoms with Crippen molar-refractivity contribution in [2.24, 2.45) is 0 Å². The van der Waals surface area contributed by atoms with E-state index in [9.17, 15) is 0 Å². The molecule has 1 aromatic heterocycles. The van der Waals surface area contributed by atoms with Gasteiger partial charge in [-0.2, -0.15) is 4.98 Å². The van der Waals surface area contributed by atoms with Gasteiger partial charge in [-0.3, -0.25) is 0 Å². The summed E-state index contributed by atoms with van der Waals surface area (Å²) in [5, 5.41) is 8.24. The number of ether oxygens (including phenoxy) is 1. The summed E-state index contributed by atoms with van der Waals surface area (Å²) in [7, 11) is 0. The third kappa shape index (κ3) is 3.12. The first-order valence-electron chi connectivity index (χ1n) is 6.31. The van der Waals surface area contributed by atoms with Gasteiger partial charge in [0, 0.05) is 13.1 Å². The summed E-state index contributed by atoms with van der Waals surface area (Å²) in [6.07, 6.45) is 0.374. The Morgan fingerprint density at radius 3 is 2.95 bits per heavy atom. The summed E-state index contributed by atoms with van der Waals surface area (Å²) in [5.41, 5.74) is 0.970. The molecule has 1 fully saturated rings. The molecule has 7 heteroatoms. The Balaban J connectivity index is 1.71. The maximum atomic E-state index is 5.98. The van der Waals surface area contributed by atoms with Gasteiger partial charge in [0.05, 0.1) is 23.1 Å². The van der Waals surface area contributed by atoms with E-state index in [0.29, 0.717) is 41.3 Å². The van der Waals surface area contributed by atoms with E-state index < -0.39 is 0 Å². The summed E-state index contributed by atoms with van der Waals surface area (Å²) < 4.78 is 10.8. The molecule has 1 atom stereocenters. The fourth-order valence-electron chi connectivity index (χ4n) is 2.03. The molecule has 0 aliphatic carbocycles. The van der Waals surface area contributed by atoms with Gasteiger partial charge in [-0.25, -0.2) is 0 Å². The van der Waals surface area contributed by atoms with Gasteiger partial charge in [0.15, 0.2) is 0 Å². The minimum absolute atomic E-state index is 0.143. The Labute approximate surface area is 126 Å². The van der Waals surface area contributed by atoms with E-state index in [0.717, 1.165) is 12.1 Å². The molecule has 0 radical (unpaired) electrons. The molecule has 1 aliphatic rings. The summed E-state index contributed by atoms with van der Waals surface area (Å²) in [4.78, 5) is 4.36. The van der Waals surface area contributed by atoms with Gasteiger partial charge in [0.25, 0.3) is 0 Å². The standard InChI is InChI=1S/C13H13Cl2N3O2/c14-9-2-1-8(5-10(9)15)6-12-17-13(18-20-12)11-7-16-3-4-19-11/h1-2,5,11,16H,3-4,6-7H2. The number of aromatic nitrogens is 2. The van der Waals surface area contributed by atoms with Crippen molar-refractivity contribution in [3.8, 4) is 0 Å². The van der Waals surface area contributed by atoms with Crippen LogP contribution < -0.4 is 5.32 Å². The van der Waals surface area contributed by atoms with E-state index in [4.69, 9.17) is 32.5 Å². The van der Waals surface area contributed by atoms with Crippen molar-refractivity contribution >= 4 is 23.2 Å². The fourth-order valence-corrected chi connectivity index (χ4v) is 2.35. The first-order chi connectivity index (χ1) is 9.72. The smallest absolute Gasteiger partial charge is 0.231 e. The topological polar surface area (TPSA) is 60.2 Å². The zero-order valence-electron chi connectivity index (χ0n) is 10.6. The summed E-state index contributed by atoms with van der Waals surface area (Å²) in [6, 6.07) is 5.44. The Morgan fingerprint density at radius 1 is 1.30 bits per heavy atom. The Bertz CT molecular complexity index is 597. The maximum absolute atomic E-state index is 5.98. The van der Waals surface area contributed by atoms with E-state index >= 15 is 0 Å². The molecular formula is C13H13Cl2N3O2. The normalized spacial score (nSPS) is 19.2. The van der Waals surface area contributed by atoms with Crippen molar-refractivity contribution in [1.29, 1.82) is 0 Å². The molecule has 0 spiro atoms. The summed E-state index contributed by atoms with van der Waals surface area (Å²) in [5.74, 6) is 1.11. The minimum Gasteiger partial charge on any atom is -0.367 e. The van der Waals surface area contributed by atoms with Gasteiger partial charge < -0.3 is 14.6 Å². The molecule has 3 rings (SSSR count). The lowest BCUT2D eigenvalue weighted by Gasteiger charge is -2.20. The highest BCUT2D eigenvalue weighted by molar-refractivity contribution is 6.42. The molecule has 1 saturated heterocycles. The summed E-state index contributed by atoms with van der Waals surface area (Å²) in [6.45, 7) is 2.21. The molecule has 1 N–H and O–H groups in total. The molecule has 1 aromatic carbocycles. The molecule has 106 valence electrons. The van der Waals surface area contributed by atoms with Crippen LogP contribution in [0.2, 0.25) is 10.0 Å². The lowest BCUT2D eigenvalue weighted by atomic mass is 10.1. The molecule has 20 heavy (non-hydrogen) atoms. The molecule has 2 heterocycles. The fraction of sp³-hybridized carbons (Fsp3) is 0.385. The molecule has 1 unspecified atom stereocenters. The van der Waals surface area contributed by atoms with E-state index in [1.165, 1.54) is 0 Å². The number of nitrogens with zero attached hydrogens (tertiary/aromatic N) is 2. The van der Waals surface area contributed by atoms with E-state index in [-0.39, 0.29) is 6.10 Å². The predicted molar refractivity (Wildman–Crippen MR) is 75.1 cm³/mol. The quantitative estimate of drug-likeness (QED) is 0.944. The maximum Gasteiger partial charge on any atom is 0.231 e. The first-order valence-corrected chi connectivity index (χ1v) is 7.06. The Kier molecular flexibility index (Phi) is 4.21. The monoisotopic (exact) mass is 313 g/mol. The van der Waals surface area contributed by atoms with Crippen molar-refractivity contribution < 1.29 is 9.26 Å². The predicted octanol–water partition coefficient (Wildman–Crippen LogP) is 2.63. The lowest BCUT2D eigenvalue weighted by Crippen LogP contribution is -2.33. The largest absolute Gasteiger partial charge is 0.367 e. The van der Waals surface area contributed by atoms with Crippen LogP contribution in [0.4, 0.5) is 0 Å². The van der Waals surface area contributed by atoms with Crippen LogP contribution in [0.5, 0.6) is 0 Å². The average Bonchev–Trinajstić information content (AvgIpc) is 2.92. The van der Waals surface area contributed by atoms with Crippen molar-refractivity contribution in [3.63, 3.8) is 0 Å². The van der Waals surface area contributed by atoms with E-state index in [2.05, 4.69) is 15.5 Å². The van der Waals surface area contributed by atoms with Crippen molar-refractivity contribution in [2.45, 2.75) is 12.5 Å². The van der Waals surface area contributed by atoms with E-state index in [1.54, 1.807) is 12.1 Å². The Morgan fingerprint density at radius 2 is 2.20 bits per heavy atom. The highest BCUT2D eigenvalue weighted by atomic mass is 35.5. The van der Waals surface area contributed by atoms with Crippen molar-refractivity contribution in [3.05, 3.63) is 45.5 Å². The van der Waals surface area contributed by atoms with Crippen molar-refractivity contribution in [2.75, 3.05) is 19.7 Å². The van der Waals surface area contributed by atoms with Gasteiger partial charge in [-0.05, 0) is 17.7 Å². The molecule has 1 aliphatic heterocycles. The van der Waals surface area contributed by atoms with Gasteiger partial charge in [-0.15, -0.1) is 0 Å². The number of morpholine rings is 1. The van der Waals surface area contributed by atoms with Crippen LogP contribution in [0.25, 0.3) is 0 Å². The van der Waals surface area contributed by atoms with Crippen LogP contribution in [0, 0.1) is 0 Å². The molecule has 2 aromatic rings. The van der Waals surface area contributed by atoms with Crippen LogP contribution >= 0.6 is 23.2 Å². The lowest BCUT2D eigenvalue weighted by molar-refractivity contribution is 0.0208. The van der Waals surface area contributed by atoms with Crippen LogP contribution in [0.15, 0.2) is 22.7 Å². The third-order valence-corrected chi connectivity index (χ3v) is 3.78. The van der Waals surface area contributed by atoms with E-state index in [1.807, 2.05) is 6.07 Å². The van der Waals surface area contributed by atoms with Crippen LogP contribution in [0.1, 0.15) is 23.4 Å². The van der Waals surface area contributed by atoms with Gasteiger partial charge in [0.2, 0.25) is 11.7 Å². The van der Waals surface area contributed by atoms with Crippen LogP contribution in [-0.2, 0) is 11.2 Å². The SMILES string of the molecule is Clc1ccc(Cc2nc(C3CNCCO3)no2)cc1Cl. The molecular weight excluding hydrogens is 301 g/mol. The second kappa shape index (κ2) is 6.10. The molecule has 5 nitrogen and oxygen atoms in total. The average molecular weight is 314 g/mol. The number of hydrogen-bond donors (Lipinski definition) is 1. The van der Waals surface area contributed by atoms with Gasteiger partial charge >= 0.3 is 0 Å². The number of halogens is 2. The second-order valence-electron chi connectivity index (χ2n) is 4.54. The molecule has 0 bridgehead atoms. The number of benzene rings is 1. The summed E-state index contributed by atoms with van der Waals surface area (Å²) >= 11 is 11.9. The van der Waals surface area contributed by atoms with Gasteiger partial charge in [-0.1, -0.05) is 34.4 Å². The van der Waals surface area contributed by atoms with Gasteiger partial charge in [0.1, 0.15) is 6.10 Å². The zero-order chi connectivity index (χ0) is 13.9. The molecule has 0 saturated carbocycles. The first kappa shape index (κ1) is 13.8. The van der Waals surface area contributed by atoms with Crippen molar-refractivity contribution in [1.82, 2.24) is 15.5 Å². The molecule has 0 amide bonds. The number of rotatable bonds is 3. The third-order valence-electron chi connectivity index (χ3n) is 3.04. The minimum atomic E-state index is -0.143. The second-order valence-corrected chi connectivity index (χ2v) is 5.35.